The van der Waals surface area contributed by atoms with E-state index >= 15 is 0 Å². The summed E-state index contributed by atoms with van der Waals surface area (Å²) < 4.78 is 65.4. The molecule has 1 amide bonds. The number of likely N-dealkylation sites (tertiary alicyclic amines) is 1. The van der Waals surface area contributed by atoms with Gasteiger partial charge in [-0.2, -0.15) is 18.3 Å². The lowest BCUT2D eigenvalue weighted by Crippen LogP contribution is -2.43. The molecule has 1 aliphatic heterocycles. The number of nitrogens with one attached hydrogen (secondary N) is 1. The van der Waals surface area contributed by atoms with Crippen molar-refractivity contribution in [2.24, 2.45) is 5.92 Å². The van der Waals surface area contributed by atoms with Gasteiger partial charge in [-0.1, -0.05) is 6.07 Å². The predicted octanol–water partition coefficient (Wildman–Crippen LogP) is 2.60. The van der Waals surface area contributed by atoms with E-state index in [2.05, 4.69) is 9.82 Å². The van der Waals surface area contributed by atoms with E-state index in [4.69, 9.17) is 0 Å². The van der Waals surface area contributed by atoms with Crippen LogP contribution in [0.1, 0.15) is 34.5 Å². The zero-order valence-corrected chi connectivity index (χ0v) is 17.4. The molecule has 2 aromatic rings. The number of nitrogens with zero attached hydrogens (tertiary/aromatic N) is 3. The summed E-state index contributed by atoms with van der Waals surface area (Å²) in [6, 6.07) is 4.76. The summed E-state index contributed by atoms with van der Waals surface area (Å²) in [7, 11) is -3.31. The molecule has 0 bridgehead atoms. The second-order valence-electron chi connectivity index (χ2n) is 7.48. The van der Waals surface area contributed by atoms with Crippen LogP contribution in [0.15, 0.2) is 30.5 Å². The van der Waals surface area contributed by atoms with Crippen LogP contribution in [0, 0.1) is 12.8 Å². The van der Waals surface area contributed by atoms with Gasteiger partial charge in [-0.3, -0.25) is 4.79 Å². The highest BCUT2D eigenvalue weighted by molar-refractivity contribution is 7.88. The Hall–Kier alpha value is -2.40. The van der Waals surface area contributed by atoms with Gasteiger partial charge in [0.15, 0.2) is 0 Å². The number of hydrogen-bond donors (Lipinski definition) is 1. The monoisotopic (exact) mass is 444 g/mol. The Morgan fingerprint density at radius 3 is 2.73 bits per heavy atom. The van der Waals surface area contributed by atoms with Crippen LogP contribution in [0.3, 0.4) is 0 Å². The van der Waals surface area contributed by atoms with Crippen molar-refractivity contribution >= 4 is 15.9 Å². The first kappa shape index (κ1) is 22.3. The molecule has 1 fully saturated rings. The second kappa shape index (κ2) is 8.38. The number of benzene rings is 1. The van der Waals surface area contributed by atoms with E-state index in [0.29, 0.717) is 24.3 Å². The van der Waals surface area contributed by atoms with Gasteiger partial charge in [0.05, 0.1) is 35.0 Å². The molecule has 30 heavy (non-hydrogen) atoms. The summed E-state index contributed by atoms with van der Waals surface area (Å²) in [5.41, 5.74) is 0.176. The maximum Gasteiger partial charge on any atom is 0.416 e. The standard InChI is InChI=1S/C19H23F3N4O3S/c1-13-17(11-23-26(13)16-7-3-6-15(9-16)19(20,21)22)18(27)25-8-4-5-14(12-25)10-24-30(2,28)29/h3,6-7,9,11,14,24H,4-5,8,10,12H2,1-2H3. The van der Waals surface area contributed by atoms with Crippen LogP contribution < -0.4 is 4.72 Å². The third-order valence-corrected chi connectivity index (χ3v) is 5.79. The van der Waals surface area contributed by atoms with E-state index in [1.165, 1.54) is 23.0 Å². The molecule has 1 aromatic carbocycles. The van der Waals surface area contributed by atoms with E-state index in [9.17, 15) is 26.4 Å². The lowest BCUT2D eigenvalue weighted by molar-refractivity contribution is -0.137. The minimum absolute atomic E-state index is 0.00348. The quantitative estimate of drug-likeness (QED) is 0.769. The molecule has 11 heteroatoms. The molecule has 2 heterocycles. The fraction of sp³-hybridized carbons (Fsp3) is 0.474. The van der Waals surface area contributed by atoms with Crippen molar-refractivity contribution in [2.45, 2.75) is 25.9 Å². The molecule has 0 saturated carbocycles. The first-order chi connectivity index (χ1) is 14.0. The summed E-state index contributed by atoms with van der Waals surface area (Å²) in [6.07, 6.45) is -0.490. The zero-order chi connectivity index (χ0) is 22.1. The molecule has 7 nitrogen and oxygen atoms in total. The van der Waals surface area contributed by atoms with Gasteiger partial charge in [0.1, 0.15) is 0 Å². The average molecular weight is 444 g/mol. The van der Waals surface area contributed by atoms with Gasteiger partial charge >= 0.3 is 6.18 Å². The maximum atomic E-state index is 13.0. The van der Waals surface area contributed by atoms with Crippen molar-refractivity contribution in [3.63, 3.8) is 0 Å². The van der Waals surface area contributed by atoms with Gasteiger partial charge in [0.2, 0.25) is 10.0 Å². The van der Waals surface area contributed by atoms with Crippen LogP contribution in [-0.2, 0) is 16.2 Å². The minimum atomic E-state index is -4.47. The van der Waals surface area contributed by atoms with Gasteiger partial charge in [-0.15, -0.1) is 0 Å². The number of carbonyl (C=O) groups excluding carboxylic acids is 1. The van der Waals surface area contributed by atoms with E-state index in [-0.39, 0.29) is 24.1 Å². The van der Waals surface area contributed by atoms with E-state index in [1.807, 2.05) is 0 Å². The lowest BCUT2D eigenvalue weighted by atomic mass is 9.97. The van der Waals surface area contributed by atoms with Crippen LogP contribution in [0.4, 0.5) is 13.2 Å². The van der Waals surface area contributed by atoms with E-state index in [1.54, 1.807) is 11.8 Å². The Bertz CT molecular complexity index is 1030. The molecule has 0 aliphatic carbocycles. The highest BCUT2D eigenvalue weighted by Gasteiger charge is 2.31. The Morgan fingerprint density at radius 2 is 2.07 bits per heavy atom. The third-order valence-electron chi connectivity index (χ3n) is 5.10. The van der Waals surface area contributed by atoms with Crippen molar-refractivity contribution in [1.82, 2.24) is 19.4 Å². The number of amides is 1. The fourth-order valence-corrected chi connectivity index (χ4v) is 4.09. The zero-order valence-electron chi connectivity index (χ0n) is 16.6. The molecule has 1 atom stereocenters. The number of hydrogen-bond acceptors (Lipinski definition) is 4. The normalized spacial score (nSPS) is 17.9. The minimum Gasteiger partial charge on any atom is -0.338 e. The molecule has 3 rings (SSSR count). The molecule has 1 unspecified atom stereocenters. The summed E-state index contributed by atoms with van der Waals surface area (Å²) in [4.78, 5) is 14.6. The number of aromatic nitrogens is 2. The molecule has 1 aromatic heterocycles. The largest absolute Gasteiger partial charge is 0.416 e. The Morgan fingerprint density at radius 1 is 1.33 bits per heavy atom. The van der Waals surface area contributed by atoms with Crippen LogP contribution in [-0.4, -0.2) is 54.9 Å². The van der Waals surface area contributed by atoms with Crippen LogP contribution in [0.2, 0.25) is 0 Å². The van der Waals surface area contributed by atoms with Crippen LogP contribution in [0.25, 0.3) is 5.69 Å². The molecular weight excluding hydrogens is 421 g/mol. The van der Waals surface area contributed by atoms with Gasteiger partial charge < -0.3 is 4.90 Å². The first-order valence-corrected chi connectivity index (χ1v) is 11.3. The summed E-state index contributed by atoms with van der Waals surface area (Å²) in [5, 5.41) is 4.12. The lowest BCUT2D eigenvalue weighted by Gasteiger charge is -2.32. The number of rotatable bonds is 5. The van der Waals surface area contributed by atoms with Crippen molar-refractivity contribution in [3.8, 4) is 5.69 Å². The Labute approximate surface area is 172 Å². The number of halogens is 3. The SMILES string of the molecule is Cc1c(C(=O)N2CCCC(CNS(C)(=O)=O)C2)cnn1-c1cccc(C(F)(F)F)c1. The highest BCUT2D eigenvalue weighted by Crippen LogP contribution is 2.30. The van der Waals surface area contributed by atoms with Crippen molar-refractivity contribution in [2.75, 3.05) is 25.9 Å². The summed E-state index contributed by atoms with van der Waals surface area (Å²) in [6.45, 7) is 2.82. The molecule has 164 valence electrons. The molecule has 1 N–H and O–H groups in total. The van der Waals surface area contributed by atoms with E-state index in [0.717, 1.165) is 31.2 Å². The smallest absolute Gasteiger partial charge is 0.338 e. The van der Waals surface area contributed by atoms with E-state index < -0.39 is 21.8 Å². The molecule has 1 saturated heterocycles. The first-order valence-electron chi connectivity index (χ1n) is 9.42. The van der Waals surface area contributed by atoms with Crippen LogP contribution >= 0.6 is 0 Å². The van der Waals surface area contributed by atoms with Crippen LogP contribution in [0.5, 0.6) is 0 Å². The number of piperidine rings is 1. The topological polar surface area (TPSA) is 84.3 Å². The van der Waals surface area contributed by atoms with Crippen molar-refractivity contribution in [3.05, 3.63) is 47.3 Å². The molecule has 0 radical (unpaired) electrons. The van der Waals surface area contributed by atoms with Gasteiger partial charge in [0, 0.05) is 19.6 Å². The third kappa shape index (κ3) is 5.20. The van der Waals surface area contributed by atoms with Gasteiger partial charge in [0.25, 0.3) is 5.91 Å². The molecule has 1 aliphatic rings. The van der Waals surface area contributed by atoms with Crippen molar-refractivity contribution in [1.29, 1.82) is 0 Å². The number of carbonyl (C=O) groups is 1. The maximum absolute atomic E-state index is 13.0. The summed E-state index contributed by atoms with van der Waals surface area (Å²) >= 11 is 0. The van der Waals surface area contributed by atoms with Gasteiger partial charge in [-0.25, -0.2) is 17.8 Å². The Kier molecular flexibility index (Phi) is 6.23. The van der Waals surface area contributed by atoms with Crippen molar-refractivity contribution < 1.29 is 26.4 Å². The number of alkyl halides is 3. The highest BCUT2D eigenvalue weighted by atomic mass is 32.2. The summed E-state index contributed by atoms with van der Waals surface area (Å²) in [5.74, 6) is -0.272. The molecular formula is C19H23F3N4O3S. The Balaban J connectivity index is 1.78. The average Bonchev–Trinajstić information content (AvgIpc) is 3.06. The fourth-order valence-electron chi connectivity index (χ4n) is 3.55. The number of sulfonamides is 1. The molecule has 0 spiro atoms. The van der Waals surface area contributed by atoms with Gasteiger partial charge in [-0.05, 0) is 43.9 Å². The second-order valence-corrected chi connectivity index (χ2v) is 9.32. The predicted molar refractivity (Wildman–Crippen MR) is 105 cm³/mol.